The summed E-state index contributed by atoms with van der Waals surface area (Å²) in [5.41, 5.74) is 0. The third-order valence-electron chi connectivity index (χ3n) is 4.19. The number of sulfone groups is 1. The summed E-state index contributed by atoms with van der Waals surface area (Å²) in [6.07, 6.45) is 1.23. The second-order valence-electron chi connectivity index (χ2n) is 5.55. The van der Waals surface area contributed by atoms with Gasteiger partial charge in [-0.05, 0) is 24.3 Å². The van der Waals surface area contributed by atoms with E-state index in [0.29, 0.717) is 32.7 Å². The minimum Gasteiger partial charge on any atom is -0.381 e. The molecule has 2 aliphatic heterocycles. The monoisotopic (exact) mass is 329 g/mol. The van der Waals surface area contributed by atoms with E-state index in [1.54, 1.807) is 4.90 Å². The molecule has 0 bridgehead atoms. The van der Waals surface area contributed by atoms with Crippen LogP contribution in [-0.2, 0) is 19.4 Å². The maximum atomic E-state index is 12.4. The summed E-state index contributed by atoms with van der Waals surface area (Å²) in [7, 11) is -3.19. The van der Waals surface area contributed by atoms with E-state index in [2.05, 4.69) is 0 Å². The molecule has 1 amide bonds. The molecule has 3 heterocycles. The summed E-state index contributed by atoms with van der Waals surface area (Å²) in [4.78, 5) is 15.0. The highest BCUT2D eigenvalue weighted by Gasteiger charge is 2.35. The molecular formula is C14H19NO4S2. The summed E-state index contributed by atoms with van der Waals surface area (Å²) in [6.45, 7) is 1.91. The lowest BCUT2D eigenvalue weighted by molar-refractivity contribution is -0.135. The van der Waals surface area contributed by atoms with Crippen LogP contribution in [0, 0.1) is 5.92 Å². The molecule has 0 radical (unpaired) electrons. The first kappa shape index (κ1) is 15.0. The maximum Gasteiger partial charge on any atom is 0.228 e. The van der Waals surface area contributed by atoms with Crippen LogP contribution in [0.1, 0.15) is 23.0 Å². The Kier molecular flexibility index (Phi) is 4.33. The highest BCUT2D eigenvalue weighted by atomic mass is 32.2. The van der Waals surface area contributed by atoms with Gasteiger partial charge >= 0.3 is 0 Å². The number of carbonyl (C=O) groups excluding carboxylic acids is 1. The quantitative estimate of drug-likeness (QED) is 0.824. The van der Waals surface area contributed by atoms with E-state index in [0.717, 1.165) is 11.3 Å². The van der Waals surface area contributed by atoms with E-state index in [9.17, 15) is 13.2 Å². The Hall–Kier alpha value is -0.920. The lowest BCUT2D eigenvalue weighted by Gasteiger charge is -2.22. The Morgan fingerprint density at radius 3 is 2.86 bits per heavy atom. The van der Waals surface area contributed by atoms with Crippen LogP contribution >= 0.6 is 11.3 Å². The molecule has 2 saturated heterocycles. The zero-order chi connectivity index (χ0) is 14.9. The second-order valence-corrected chi connectivity index (χ2v) is 8.83. The van der Waals surface area contributed by atoms with E-state index in [1.165, 1.54) is 11.3 Å². The molecule has 0 saturated carbocycles. The topological polar surface area (TPSA) is 63.7 Å². The first-order valence-electron chi connectivity index (χ1n) is 7.19. The van der Waals surface area contributed by atoms with E-state index >= 15 is 0 Å². The van der Waals surface area contributed by atoms with Crippen LogP contribution in [0.25, 0.3) is 0 Å². The van der Waals surface area contributed by atoms with Crippen LogP contribution < -0.4 is 0 Å². The zero-order valence-corrected chi connectivity index (χ0v) is 13.4. The molecule has 0 spiro atoms. The predicted molar refractivity (Wildman–Crippen MR) is 81.0 cm³/mol. The minimum atomic E-state index is -3.19. The Morgan fingerprint density at radius 1 is 1.33 bits per heavy atom. The lowest BCUT2D eigenvalue weighted by atomic mass is 10.1. The Balaban J connectivity index is 1.74. The van der Waals surface area contributed by atoms with Gasteiger partial charge in [-0.3, -0.25) is 4.79 Å². The molecule has 0 aliphatic carbocycles. The van der Waals surface area contributed by atoms with Gasteiger partial charge in [0.05, 0.1) is 23.5 Å². The predicted octanol–water partition coefficient (Wildman–Crippen LogP) is 1.47. The smallest absolute Gasteiger partial charge is 0.228 e. The van der Waals surface area contributed by atoms with Crippen LogP contribution in [0.4, 0.5) is 0 Å². The summed E-state index contributed by atoms with van der Waals surface area (Å²) >= 11 is 1.47. The maximum absolute atomic E-state index is 12.4. The van der Waals surface area contributed by atoms with Crippen LogP contribution in [0.2, 0.25) is 0 Å². The van der Waals surface area contributed by atoms with Gasteiger partial charge in [-0.2, -0.15) is 0 Å². The van der Waals surface area contributed by atoms with Gasteiger partial charge in [0.2, 0.25) is 5.91 Å². The van der Waals surface area contributed by atoms with Gasteiger partial charge in [0.25, 0.3) is 0 Å². The average molecular weight is 329 g/mol. The fourth-order valence-electron chi connectivity index (χ4n) is 2.95. The van der Waals surface area contributed by atoms with Crippen molar-refractivity contribution < 1.29 is 17.9 Å². The molecule has 5 nitrogen and oxygen atoms in total. The molecule has 1 aromatic heterocycles. The minimum absolute atomic E-state index is 0.0505. The number of hydrogen-bond acceptors (Lipinski definition) is 5. The largest absolute Gasteiger partial charge is 0.381 e. The molecule has 21 heavy (non-hydrogen) atoms. The van der Waals surface area contributed by atoms with Crippen LogP contribution in [0.3, 0.4) is 0 Å². The fraction of sp³-hybridized carbons (Fsp3) is 0.643. The number of hydrogen-bond donors (Lipinski definition) is 0. The van der Waals surface area contributed by atoms with Crippen molar-refractivity contribution in [3.8, 4) is 0 Å². The molecule has 1 aromatic rings. The van der Waals surface area contributed by atoms with Crippen molar-refractivity contribution in [1.82, 2.24) is 4.90 Å². The zero-order valence-electron chi connectivity index (χ0n) is 11.7. The number of carbonyl (C=O) groups is 1. The van der Waals surface area contributed by atoms with E-state index in [-0.39, 0.29) is 17.6 Å². The van der Waals surface area contributed by atoms with Crippen LogP contribution in [-0.4, -0.2) is 51.3 Å². The number of rotatable bonds is 2. The molecule has 3 rings (SSSR count). The molecule has 2 aliphatic rings. The van der Waals surface area contributed by atoms with Gasteiger partial charge in [0.15, 0.2) is 9.84 Å². The molecule has 2 fully saturated rings. The Labute approximate surface area is 128 Å². The van der Waals surface area contributed by atoms with Crippen molar-refractivity contribution >= 4 is 27.1 Å². The number of thiophene rings is 1. The number of amides is 1. The standard InChI is InChI=1S/C14H19NO4S2/c16-14(11-4-7-19-10-11)15-5-3-13(12-2-1-8-20-12)21(17,18)9-6-15/h1-2,8,11,13H,3-7,9-10H2/t11-,13-/m0/s1. The number of nitrogens with zero attached hydrogens (tertiary/aromatic N) is 1. The molecule has 0 unspecified atom stereocenters. The van der Waals surface area contributed by atoms with Crippen molar-refractivity contribution in [3.63, 3.8) is 0 Å². The SMILES string of the molecule is O=C([C@H]1CCOC1)N1CC[C@@H](c2cccs2)S(=O)(=O)CC1. The van der Waals surface area contributed by atoms with E-state index in [1.807, 2.05) is 17.5 Å². The molecule has 116 valence electrons. The van der Waals surface area contributed by atoms with Crippen molar-refractivity contribution in [2.24, 2.45) is 5.92 Å². The van der Waals surface area contributed by atoms with Crippen LogP contribution in [0.5, 0.6) is 0 Å². The van der Waals surface area contributed by atoms with Crippen molar-refractivity contribution in [2.45, 2.75) is 18.1 Å². The second kappa shape index (κ2) is 6.06. The van der Waals surface area contributed by atoms with Gasteiger partial charge in [0.1, 0.15) is 0 Å². The normalized spacial score (nSPS) is 29.2. The Morgan fingerprint density at radius 2 is 2.19 bits per heavy atom. The van der Waals surface area contributed by atoms with E-state index in [4.69, 9.17) is 4.74 Å². The molecule has 7 heteroatoms. The van der Waals surface area contributed by atoms with Gasteiger partial charge in [-0.15, -0.1) is 11.3 Å². The summed E-state index contributed by atoms with van der Waals surface area (Å²) in [5.74, 6) is 0.00930. The lowest BCUT2D eigenvalue weighted by Crippen LogP contribution is -2.38. The molecule has 2 atom stereocenters. The van der Waals surface area contributed by atoms with Gasteiger partial charge < -0.3 is 9.64 Å². The molecule has 0 N–H and O–H groups in total. The van der Waals surface area contributed by atoms with Crippen molar-refractivity contribution in [2.75, 3.05) is 32.1 Å². The Bertz CT molecular complexity index is 591. The first-order valence-corrected chi connectivity index (χ1v) is 9.79. The molecule has 0 aromatic carbocycles. The van der Waals surface area contributed by atoms with Crippen LogP contribution in [0.15, 0.2) is 17.5 Å². The summed E-state index contributed by atoms with van der Waals surface area (Å²) < 4.78 is 30.1. The molecular weight excluding hydrogens is 310 g/mol. The van der Waals surface area contributed by atoms with Crippen molar-refractivity contribution in [3.05, 3.63) is 22.4 Å². The number of ether oxygens (including phenoxy) is 1. The third-order valence-corrected chi connectivity index (χ3v) is 7.43. The van der Waals surface area contributed by atoms with Gasteiger partial charge in [-0.25, -0.2) is 8.42 Å². The van der Waals surface area contributed by atoms with Gasteiger partial charge in [-0.1, -0.05) is 6.07 Å². The van der Waals surface area contributed by atoms with Gasteiger partial charge in [0, 0.05) is 24.6 Å². The fourth-order valence-corrected chi connectivity index (χ4v) is 5.95. The van der Waals surface area contributed by atoms with Crippen molar-refractivity contribution in [1.29, 1.82) is 0 Å². The summed E-state index contributed by atoms with van der Waals surface area (Å²) in [5, 5.41) is 1.43. The first-order chi connectivity index (χ1) is 10.1. The highest BCUT2D eigenvalue weighted by Crippen LogP contribution is 2.32. The van der Waals surface area contributed by atoms with E-state index < -0.39 is 15.1 Å². The summed E-state index contributed by atoms with van der Waals surface area (Å²) in [6, 6.07) is 3.74. The average Bonchev–Trinajstić information content (AvgIpc) is 3.12. The third kappa shape index (κ3) is 3.14. The highest BCUT2D eigenvalue weighted by molar-refractivity contribution is 7.91.